The van der Waals surface area contributed by atoms with Crippen molar-refractivity contribution >= 4 is 42.0 Å². The standard InChI is InChI=1S/C23H22N2O7S2/c1-15-9-17-5-3-7-20(22(17)24-11-15)33(27,28)31-14-19(13-26)32-34(29,30)21-8-4-6-18-10-16(2)12-25-23(18)21/h3-12,19,26H,13-14H2,1-2H3. The maximum absolute atomic E-state index is 12.9. The number of aliphatic hydroxyl groups is 1. The number of aryl methyl sites for hydroxylation is 2. The molecule has 2 heterocycles. The quantitative estimate of drug-likeness (QED) is 0.361. The molecule has 0 aliphatic heterocycles. The molecular weight excluding hydrogens is 480 g/mol. The summed E-state index contributed by atoms with van der Waals surface area (Å²) < 4.78 is 61.7. The van der Waals surface area contributed by atoms with Gasteiger partial charge in [-0.15, -0.1) is 0 Å². The van der Waals surface area contributed by atoms with Crippen molar-refractivity contribution in [1.82, 2.24) is 9.97 Å². The highest BCUT2D eigenvalue weighted by molar-refractivity contribution is 7.87. The number of rotatable bonds is 8. The van der Waals surface area contributed by atoms with E-state index in [2.05, 4.69) is 9.97 Å². The first kappa shape index (κ1) is 24.2. The number of nitrogens with zero attached hydrogens (tertiary/aromatic N) is 2. The molecule has 2 aromatic heterocycles. The van der Waals surface area contributed by atoms with Crippen molar-refractivity contribution in [3.8, 4) is 0 Å². The lowest BCUT2D eigenvalue weighted by atomic mass is 10.2. The van der Waals surface area contributed by atoms with Gasteiger partial charge in [0.1, 0.15) is 15.9 Å². The van der Waals surface area contributed by atoms with E-state index in [9.17, 15) is 21.9 Å². The molecule has 0 saturated heterocycles. The third-order valence-electron chi connectivity index (χ3n) is 5.04. The summed E-state index contributed by atoms with van der Waals surface area (Å²) in [5.74, 6) is 0. The van der Waals surface area contributed by atoms with Crippen LogP contribution in [0.1, 0.15) is 11.1 Å². The zero-order valence-corrected chi connectivity index (χ0v) is 20.0. The fraction of sp³-hybridized carbons (Fsp3) is 0.217. The molecule has 34 heavy (non-hydrogen) atoms. The summed E-state index contributed by atoms with van der Waals surface area (Å²) in [7, 11) is -8.72. The van der Waals surface area contributed by atoms with Crippen molar-refractivity contribution in [2.45, 2.75) is 29.7 Å². The van der Waals surface area contributed by atoms with Crippen molar-refractivity contribution in [1.29, 1.82) is 0 Å². The Morgan fingerprint density at radius 1 is 0.824 bits per heavy atom. The van der Waals surface area contributed by atoms with E-state index in [0.717, 1.165) is 11.1 Å². The van der Waals surface area contributed by atoms with E-state index in [-0.39, 0.29) is 20.8 Å². The number of para-hydroxylation sites is 2. The molecule has 1 atom stereocenters. The lowest BCUT2D eigenvalue weighted by Crippen LogP contribution is -2.29. The Hall–Kier alpha value is -2.96. The van der Waals surface area contributed by atoms with Gasteiger partial charge in [-0.3, -0.25) is 18.3 Å². The number of aromatic nitrogens is 2. The van der Waals surface area contributed by atoms with Gasteiger partial charge in [0.2, 0.25) is 0 Å². The van der Waals surface area contributed by atoms with Gasteiger partial charge in [0.05, 0.1) is 24.2 Å². The van der Waals surface area contributed by atoms with Crippen LogP contribution >= 0.6 is 0 Å². The SMILES string of the molecule is Cc1cnc2c(S(=O)(=O)OCC(CO)OS(=O)(=O)c3cccc4cc(C)cnc34)cccc2c1. The van der Waals surface area contributed by atoms with Crippen molar-refractivity contribution < 1.29 is 30.3 Å². The van der Waals surface area contributed by atoms with E-state index in [1.165, 1.54) is 24.5 Å². The van der Waals surface area contributed by atoms with Crippen LogP contribution in [0.15, 0.2) is 70.7 Å². The number of aliphatic hydroxyl groups excluding tert-OH is 1. The Labute approximate surface area is 197 Å². The van der Waals surface area contributed by atoms with Crippen LogP contribution in [-0.2, 0) is 28.6 Å². The number of hydrogen-bond donors (Lipinski definition) is 1. The molecule has 0 radical (unpaired) electrons. The first-order valence-corrected chi connectivity index (χ1v) is 13.1. The summed E-state index contributed by atoms with van der Waals surface area (Å²) in [5, 5.41) is 10.9. The highest BCUT2D eigenvalue weighted by Crippen LogP contribution is 2.26. The predicted molar refractivity (Wildman–Crippen MR) is 125 cm³/mol. The normalized spacial score (nSPS) is 13.4. The first-order chi connectivity index (χ1) is 16.1. The minimum atomic E-state index is -4.39. The Morgan fingerprint density at radius 3 is 1.82 bits per heavy atom. The molecule has 0 amide bonds. The summed E-state index contributed by atoms with van der Waals surface area (Å²) in [5.41, 5.74) is 2.14. The molecule has 0 spiro atoms. The number of fused-ring (bicyclic) bond motifs is 2. The first-order valence-electron chi connectivity index (χ1n) is 10.2. The van der Waals surface area contributed by atoms with Crippen LogP contribution in [0.4, 0.5) is 0 Å². The van der Waals surface area contributed by atoms with Gasteiger partial charge in [0, 0.05) is 23.2 Å². The maximum atomic E-state index is 12.9. The van der Waals surface area contributed by atoms with E-state index < -0.39 is 39.6 Å². The molecule has 11 heteroatoms. The average molecular weight is 503 g/mol. The summed E-state index contributed by atoms with van der Waals surface area (Å²) >= 11 is 0. The Morgan fingerprint density at radius 2 is 1.32 bits per heavy atom. The largest absolute Gasteiger partial charge is 0.394 e. The molecule has 0 bridgehead atoms. The monoisotopic (exact) mass is 502 g/mol. The predicted octanol–water partition coefficient (Wildman–Crippen LogP) is 2.87. The van der Waals surface area contributed by atoms with Crippen LogP contribution in [0.3, 0.4) is 0 Å². The van der Waals surface area contributed by atoms with Crippen LogP contribution in [0.25, 0.3) is 21.8 Å². The smallest absolute Gasteiger partial charge is 0.299 e. The maximum Gasteiger partial charge on any atom is 0.299 e. The van der Waals surface area contributed by atoms with E-state index >= 15 is 0 Å². The molecule has 4 rings (SSSR count). The van der Waals surface area contributed by atoms with Gasteiger partial charge >= 0.3 is 0 Å². The van der Waals surface area contributed by atoms with Crippen LogP contribution in [-0.4, -0.2) is 51.2 Å². The fourth-order valence-corrected chi connectivity index (χ4v) is 5.80. The van der Waals surface area contributed by atoms with Gasteiger partial charge in [-0.25, -0.2) is 0 Å². The summed E-state index contributed by atoms with van der Waals surface area (Å²) in [6, 6.07) is 12.8. The molecule has 4 aromatic rings. The fourth-order valence-electron chi connectivity index (χ4n) is 3.46. The molecule has 0 aliphatic carbocycles. The van der Waals surface area contributed by atoms with Crippen LogP contribution in [0, 0.1) is 13.8 Å². The lowest BCUT2D eigenvalue weighted by molar-refractivity contribution is 0.0789. The zero-order chi connectivity index (χ0) is 24.5. The molecule has 2 aromatic carbocycles. The van der Waals surface area contributed by atoms with Gasteiger partial charge < -0.3 is 5.11 Å². The number of pyridine rings is 2. The van der Waals surface area contributed by atoms with Crippen LogP contribution in [0.2, 0.25) is 0 Å². The van der Waals surface area contributed by atoms with E-state index in [1.54, 1.807) is 36.4 Å². The van der Waals surface area contributed by atoms with Gasteiger partial charge in [-0.05, 0) is 49.2 Å². The summed E-state index contributed by atoms with van der Waals surface area (Å²) in [4.78, 5) is 8.01. The molecule has 0 aliphatic rings. The zero-order valence-electron chi connectivity index (χ0n) is 18.4. The lowest BCUT2D eigenvalue weighted by Gasteiger charge is -2.16. The molecular formula is C23H22N2O7S2. The number of benzene rings is 2. The van der Waals surface area contributed by atoms with E-state index in [1.807, 2.05) is 13.8 Å². The highest BCUT2D eigenvalue weighted by Gasteiger charge is 2.27. The van der Waals surface area contributed by atoms with Crippen LogP contribution < -0.4 is 0 Å². The van der Waals surface area contributed by atoms with E-state index in [4.69, 9.17) is 8.37 Å². The van der Waals surface area contributed by atoms with Gasteiger partial charge in [-0.1, -0.05) is 24.3 Å². The Kier molecular flexibility index (Phi) is 6.65. The van der Waals surface area contributed by atoms with Crippen molar-refractivity contribution in [2.24, 2.45) is 0 Å². The van der Waals surface area contributed by atoms with Crippen molar-refractivity contribution in [3.63, 3.8) is 0 Å². The van der Waals surface area contributed by atoms with Gasteiger partial charge in [-0.2, -0.15) is 16.8 Å². The topological polar surface area (TPSA) is 133 Å². The molecule has 1 N–H and O–H groups in total. The highest BCUT2D eigenvalue weighted by atomic mass is 32.2. The van der Waals surface area contributed by atoms with Crippen molar-refractivity contribution in [3.05, 3.63) is 72.1 Å². The third kappa shape index (κ3) is 4.93. The summed E-state index contributed by atoms with van der Waals surface area (Å²) in [6.07, 6.45) is 1.60. The average Bonchev–Trinajstić information content (AvgIpc) is 2.80. The third-order valence-corrected chi connectivity index (χ3v) is 7.74. The second-order valence-corrected chi connectivity index (χ2v) is 10.9. The molecule has 9 nitrogen and oxygen atoms in total. The second kappa shape index (κ2) is 9.35. The molecule has 1 unspecified atom stereocenters. The van der Waals surface area contributed by atoms with Crippen LogP contribution in [0.5, 0.6) is 0 Å². The number of hydrogen-bond acceptors (Lipinski definition) is 9. The second-order valence-electron chi connectivity index (χ2n) is 7.77. The minimum Gasteiger partial charge on any atom is -0.394 e. The summed E-state index contributed by atoms with van der Waals surface area (Å²) in [6.45, 7) is 2.15. The Bertz CT molecular complexity index is 1590. The minimum absolute atomic E-state index is 0.168. The van der Waals surface area contributed by atoms with E-state index in [0.29, 0.717) is 10.8 Å². The van der Waals surface area contributed by atoms with Gasteiger partial charge in [0.15, 0.2) is 0 Å². The Balaban J connectivity index is 1.57. The molecule has 178 valence electrons. The van der Waals surface area contributed by atoms with Crippen molar-refractivity contribution in [2.75, 3.05) is 13.2 Å². The molecule has 0 saturated carbocycles. The molecule has 0 fully saturated rings. The van der Waals surface area contributed by atoms with Gasteiger partial charge in [0.25, 0.3) is 20.2 Å².